The van der Waals surface area contributed by atoms with Crippen LogP contribution in [0.4, 0.5) is 10.8 Å². The zero-order chi connectivity index (χ0) is 11.5. The zero-order valence-corrected chi connectivity index (χ0v) is 10.5. The Morgan fingerprint density at radius 3 is 2.81 bits per heavy atom. The van der Waals surface area contributed by atoms with Gasteiger partial charge in [-0.05, 0) is 30.7 Å². The number of nitrogens with one attached hydrogen (secondary N) is 1. The fraction of sp³-hybridized carbons (Fsp3) is 0.182. The van der Waals surface area contributed by atoms with Gasteiger partial charge in [-0.15, -0.1) is 11.3 Å². The number of hydrogen-bond donors (Lipinski definition) is 1. The number of hydrogen-bond acceptors (Lipinski definition) is 4. The lowest BCUT2D eigenvalue weighted by Gasteiger charge is -2.08. The van der Waals surface area contributed by atoms with Crippen LogP contribution in [0.1, 0.15) is 5.56 Å². The molecule has 0 radical (unpaired) electrons. The number of rotatable bonds is 3. The molecule has 1 aromatic carbocycles. The van der Waals surface area contributed by atoms with Gasteiger partial charge < -0.3 is 10.1 Å². The highest BCUT2D eigenvalue weighted by Crippen LogP contribution is 2.27. The van der Waals surface area contributed by atoms with Crippen molar-refractivity contribution in [3.05, 3.63) is 34.3 Å². The summed E-state index contributed by atoms with van der Waals surface area (Å²) in [7, 11) is 1.66. The van der Waals surface area contributed by atoms with Gasteiger partial charge in [0, 0.05) is 11.1 Å². The molecule has 0 fully saturated rings. The Hall–Kier alpha value is -1.26. The second-order valence-electron chi connectivity index (χ2n) is 3.28. The van der Waals surface area contributed by atoms with E-state index in [4.69, 9.17) is 16.3 Å². The fourth-order valence-electron chi connectivity index (χ4n) is 1.33. The summed E-state index contributed by atoms with van der Waals surface area (Å²) in [5.41, 5.74) is 2.11. The van der Waals surface area contributed by atoms with E-state index in [-0.39, 0.29) is 0 Å². The maximum atomic E-state index is 5.75. The molecule has 0 spiro atoms. The number of aryl methyl sites for hydroxylation is 1. The van der Waals surface area contributed by atoms with Crippen LogP contribution in [0.25, 0.3) is 0 Å². The van der Waals surface area contributed by atoms with E-state index in [1.165, 1.54) is 11.3 Å². The van der Waals surface area contributed by atoms with Gasteiger partial charge >= 0.3 is 0 Å². The van der Waals surface area contributed by atoms with Gasteiger partial charge in [0.2, 0.25) is 0 Å². The van der Waals surface area contributed by atoms with E-state index >= 15 is 0 Å². The number of halogens is 1. The Labute approximate surface area is 103 Å². The van der Waals surface area contributed by atoms with Crippen LogP contribution in [0.15, 0.2) is 23.6 Å². The molecule has 2 aromatic rings. The third kappa shape index (κ3) is 2.46. The van der Waals surface area contributed by atoms with E-state index in [9.17, 15) is 0 Å². The minimum atomic E-state index is 0.513. The molecule has 5 heteroatoms. The highest BCUT2D eigenvalue weighted by Gasteiger charge is 2.03. The van der Waals surface area contributed by atoms with Crippen molar-refractivity contribution < 1.29 is 4.74 Å². The maximum absolute atomic E-state index is 5.75. The lowest BCUT2D eigenvalue weighted by atomic mass is 10.2. The van der Waals surface area contributed by atoms with Crippen molar-refractivity contribution in [2.75, 3.05) is 12.4 Å². The molecule has 1 aromatic heterocycles. The van der Waals surface area contributed by atoms with Gasteiger partial charge in [-0.25, -0.2) is 4.98 Å². The molecule has 3 nitrogen and oxygen atoms in total. The Morgan fingerprint density at radius 2 is 2.25 bits per heavy atom. The molecule has 0 bridgehead atoms. The molecule has 1 heterocycles. The first-order chi connectivity index (χ1) is 7.69. The van der Waals surface area contributed by atoms with Crippen LogP contribution in [0.3, 0.4) is 0 Å². The van der Waals surface area contributed by atoms with Gasteiger partial charge in [-0.3, -0.25) is 0 Å². The lowest BCUT2D eigenvalue weighted by molar-refractivity contribution is 0.414. The van der Waals surface area contributed by atoms with E-state index in [1.807, 2.05) is 25.1 Å². The lowest BCUT2D eigenvalue weighted by Crippen LogP contribution is -1.93. The van der Waals surface area contributed by atoms with Crippen LogP contribution in [-0.4, -0.2) is 12.1 Å². The predicted molar refractivity (Wildman–Crippen MR) is 68.1 cm³/mol. The number of methoxy groups -OCH3 is 1. The Bertz CT molecular complexity index is 498. The molecule has 84 valence electrons. The van der Waals surface area contributed by atoms with E-state index in [2.05, 4.69) is 10.3 Å². The monoisotopic (exact) mass is 254 g/mol. The molecule has 0 aliphatic carbocycles. The van der Waals surface area contributed by atoms with Gasteiger partial charge in [0.15, 0.2) is 5.13 Å². The van der Waals surface area contributed by atoms with Gasteiger partial charge in [0.1, 0.15) is 10.9 Å². The molecule has 0 aliphatic heterocycles. The summed E-state index contributed by atoms with van der Waals surface area (Å²) in [5, 5.41) is 6.31. The Balaban J connectivity index is 2.21. The number of ether oxygens (including phenoxy) is 1. The van der Waals surface area contributed by atoms with Crippen LogP contribution >= 0.6 is 22.9 Å². The standard InChI is InChI=1S/C11H11ClN2OS/c1-7-5-8(15-2)3-4-9(7)13-11-14-10(12)6-16-11/h3-6H,1-2H3,(H,13,14). The Kier molecular flexibility index (Phi) is 3.31. The first-order valence-corrected chi connectivity index (χ1v) is 5.97. The largest absolute Gasteiger partial charge is 0.497 e. The topological polar surface area (TPSA) is 34.1 Å². The van der Waals surface area contributed by atoms with Crippen molar-refractivity contribution >= 4 is 33.8 Å². The zero-order valence-electron chi connectivity index (χ0n) is 8.95. The van der Waals surface area contributed by atoms with Crippen molar-refractivity contribution in [1.29, 1.82) is 0 Å². The van der Waals surface area contributed by atoms with Gasteiger partial charge in [-0.2, -0.15) is 0 Å². The smallest absolute Gasteiger partial charge is 0.188 e. The second-order valence-corrected chi connectivity index (χ2v) is 4.53. The SMILES string of the molecule is COc1ccc(Nc2nc(Cl)cs2)c(C)c1. The summed E-state index contributed by atoms with van der Waals surface area (Å²) in [6, 6.07) is 5.84. The molecule has 0 saturated heterocycles. The molecule has 0 saturated carbocycles. The second kappa shape index (κ2) is 4.72. The fourth-order valence-corrected chi connectivity index (χ4v) is 2.18. The highest BCUT2D eigenvalue weighted by atomic mass is 35.5. The highest BCUT2D eigenvalue weighted by molar-refractivity contribution is 7.14. The maximum Gasteiger partial charge on any atom is 0.188 e. The van der Waals surface area contributed by atoms with E-state index in [0.717, 1.165) is 22.1 Å². The van der Waals surface area contributed by atoms with Crippen LogP contribution in [0, 0.1) is 6.92 Å². The molecule has 0 unspecified atom stereocenters. The summed E-state index contributed by atoms with van der Waals surface area (Å²) >= 11 is 7.23. The minimum absolute atomic E-state index is 0.513. The normalized spacial score (nSPS) is 10.2. The molecular formula is C11H11ClN2OS. The van der Waals surface area contributed by atoms with E-state index in [1.54, 1.807) is 12.5 Å². The molecule has 0 aliphatic rings. The predicted octanol–water partition coefficient (Wildman–Crippen LogP) is 3.86. The summed E-state index contributed by atoms with van der Waals surface area (Å²) in [6.45, 7) is 2.01. The quantitative estimate of drug-likeness (QED) is 0.903. The number of nitrogens with zero attached hydrogens (tertiary/aromatic N) is 1. The van der Waals surface area contributed by atoms with Gasteiger partial charge in [0.25, 0.3) is 0 Å². The van der Waals surface area contributed by atoms with Crippen LogP contribution in [0.5, 0.6) is 5.75 Å². The molecule has 2 rings (SSSR count). The van der Waals surface area contributed by atoms with Gasteiger partial charge in [-0.1, -0.05) is 11.6 Å². The van der Waals surface area contributed by atoms with Crippen LogP contribution in [0.2, 0.25) is 5.15 Å². The van der Waals surface area contributed by atoms with Crippen LogP contribution < -0.4 is 10.1 Å². The summed E-state index contributed by atoms with van der Waals surface area (Å²) in [4.78, 5) is 4.13. The summed E-state index contributed by atoms with van der Waals surface area (Å²) in [5.74, 6) is 0.847. The number of anilines is 2. The number of aromatic nitrogens is 1. The van der Waals surface area contributed by atoms with Gasteiger partial charge in [0.05, 0.1) is 7.11 Å². The minimum Gasteiger partial charge on any atom is -0.497 e. The van der Waals surface area contributed by atoms with Crippen molar-refractivity contribution in [3.63, 3.8) is 0 Å². The van der Waals surface area contributed by atoms with E-state index < -0.39 is 0 Å². The average molecular weight is 255 g/mol. The first kappa shape index (κ1) is 11.2. The first-order valence-electron chi connectivity index (χ1n) is 4.72. The van der Waals surface area contributed by atoms with Crippen molar-refractivity contribution in [2.24, 2.45) is 0 Å². The summed E-state index contributed by atoms with van der Waals surface area (Å²) in [6.07, 6.45) is 0. The van der Waals surface area contributed by atoms with Crippen molar-refractivity contribution in [1.82, 2.24) is 4.98 Å². The molecule has 0 atom stereocenters. The number of thiazole rings is 1. The number of benzene rings is 1. The van der Waals surface area contributed by atoms with Crippen molar-refractivity contribution in [2.45, 2.75) is 6.92 Å². The third-order valence-corrected chi connectivity index (χ3v) is 3.23. The van der Waals surface area contributed by atoms with Crippen LogP contribution in [-0.2, 0) is 0 Å². The Morgan fingerprint density at radius 1 is 1.44 bits per heavy atom. The average Bonchev–Trinajstić information content (AvgIpc) is 2.67. The van der Waals surface area contributed by atoms with Crippen molar-refractivity contribution in [3.8, 4) is 5.75 Å². The molecule has 1 N–H and O–H groups in total. The molecule has 0 amide bonds. The molecule has 16 heavy (non-hydrogen) atoms. The van der Waals surface area contributed by atoms with E-state index in [0.29, 0.717) is 5.15 Å². The third-order valence-electron chi connectivity index (χ3n) is 2.15. The molecular weight excluding hydrogens is 244 g/mol. The summed E-state index contributed by atoms with van der Waals surface area (Å²) < 4.78 is 5.14.